The van der Waals surface area contributed by atoms with Gasteiger partial charge in [0.2, 0.25) is 5.91 Å². The summed E-state index contributed by atoms with van der Waals surface area (Å²) in [5, 5.41) is 9.17. The van der Waals surface area contributed by atoms with Crippen LogP contribution in [-0.4, -0.2) is 78.5 Å². The smallest absolute Gasteiger partial charge is 0.276 e. The predicted octanol–water partition coefficient (Wildman–Crippen LogP) is 0.287. The highest BCUT2D eigenvalue weighted by Crippen LogP contribution is 2.09. The lowest BCUT2D eigenvalue weighted by Gasteiger charge is -2.34. The third kappa shape index (κ3) is 5.89. The highest BCUT2D eigenvalue weighted by atomic mass is 16.5. The van der Waals surface area contributed by atoms with Crippen LogP contribution >= 0.6 is 0 Å². The Bertz CT molecular complexity index is 844. The number of piperazine rings is 1. The van der Waals surface area contributed by atoms with Crippen molar-refractivity contribution in [3.8, 4) is 0 Å². The molecular weight excluding hydrogens is 374 g/mol. The van der Waals surface area contributed by atoms with Gasteiger partial charge in [-0.25, -0.2) is 0 Å². The number of hydrogen-bond acceptors (Lipinski definition) is 6. The molecule has 0 saturated carbocycles. The van der Waals surface area contributed by atoms with Gasteiger partial charge in [0.25, 0.3) is 11.8 Å². The molecule has 9 nitrogen and oxygen atoms in total. The van der Waals surface area contributed by atoms with Crippen molar-refractivity contribution in [1.29, 1.82) is 0 Å². The zero-order chi connectivity index (χ0) is 20.6. The topological polar surface area (TPSA) is 108 Å². The van der Waals surface area contributed by atoms with Crippen LogP contribution in [0.2, 0.25) is 0 Å². The molecule has 9 heteroatoms. The van der Waals surface area contributed by atoms with E-state index in [1.165, 1.54) is 0 Å². The molecule has 1 saturated heterocycles. The van der Waals surface area contributed by atoms with Crippen LogP contribution in [0.1, 0.15) is 26.6 Å². The summed E-state index contributed by atoms with van der Waals surface area (Å²) in [7, 11) is 0. The molecule has 2 aromatic rings. The lowest BCUT2D eigenvalue weighted by molar-refractivity contribution is -0.120. The van der Waals surface area contributed by atoms with Crippen LogP contribution in [0.3, 0.4) is 0 Å². The van der Waals surface area contributed by atoms with Crippen LogP contribution < -0.4 is 10.6 Å². The molecule has 0 atom stereocenters. The third-order valence-corrected chi connectivity index (χ3v) is 4.70. The minimum absolute atomic E-state index is 0.0624. The Morgan fingerprint density at radius 3 is 2.45 bits per heavy atom. The number of amides is 3. The van der Waals surface area contributed by atoms with Crippen LogP contribution in [0, 0.1) is 6.92 Å². The van der Waals surface area contributed by atoms with Gasteiger partial charge in [-0.15, -0.1) is 0 Å². The van der Waals surface area contributed by atoms with Gasteiger partial charge < -0.3 is 20.1 Å². The van der Waals surface area contributed by atoms with Gasteiger partial charge in [0.1, 0.15) is 5.76 Å². The Balaban J connectivity index is 1.31. The molecule has 1 aliphatic rings. The summed E-state index contributed by atoms with van der Waals surface area (Å²) in [6.07, 6.45) is 0. The normalized spacial score (nSPS) is 14.4. The van der Waals surface area contributed by atoms with Gasteiger partial charge in [0, 0.05) is 50.9 Å². The van der Waals surface area contributed by atoms with Gasteiger partial charge in [-0.2, -0.15) is 0 Å². The number of carbonyl (C=O) groups is 3. The molecule has 1 fully saturated rings. The Labute approximate surface area is 169 Å². The van der Waals surface area contributed by atoms with Gasteiger partial charge in [0.15, 0.2) is 5.69 Å². The van der Waals surface area contributed by atoms with Gasteiger partial charge in [0.05, 0.1) is 6.54 Å². The van der Waals surface area contributed by atoms with Crippen LogP contribution in [-0.2, 0) is 4.79 Å². The van der Waals surface area contributed by atoms with Gasteiger partial charge in [-0.1, -0.05) is 23.4 Å². The van der Waals surface area contributed by atoms with E-state index < -0.39 is 0 Å². The maximum atomic E-state index is 12.3. The zero-order valence-corrected chi connectivity index (χ0v) is 16.4. The predicted molar refractivity (Wildman–Crippen MR) is 105 cm³/mol. The first-order valence-electron chi connectivity index (χ1n) is 9.58. The SMILES string of the molecule is Cc1cc(C(=O)N2CCN(CCNC(=O)CNC(=O)c3ccccc3)CC2)no1. The van der Waals surface area contributed by atoms with E-state index in [0.717, 1.165) is 13.1 Å². The summed E-state index contributed by atoms with van der Waals surface area (Å²) in [5.41, 5.74) is 0.856. The van der Waals surface area contributed by atoms with Crippen molar-refractivity contribution in [3.63, 3.8) is 0 Å². The van der Waals surface area contributed by atoms with E-state index >= 15 is 0 Å². The van der Waals surface area contributed by atoms with Crippen LogP contribution in [0.25, 0.3) is 0 Å². The number of rotatable bonds is 7. The Morgan fingerprint density at radius 1 is 1.07 bits per heavy atom. The fourth-order valence-electron chi connectivity index (χ4n) is 3.07. The Kier molecular flexibility index (Phi) is 6.96. The van der Waals surface area contributed by atoms with Gasteiger partial charge in [-0.05, 0) is 19.1 Å². The molecule has 0 radical (unpaired) electrons. The fourth-order valence-corrected chi connectivity index (χ4v) is 3.07. The maximum absolute atomic E-state index is 12.3. The molecule has 0 spiro atoms. The monoisotopic (exact) mass is 399 g/mol. The van der Waals surface area contributed by atoms with Crippen molar-refractivity contribution in [2.24, 2.45) is 0 Å². The van der Waals surface area contributed by atoms with E-state index in [0.29, 0.717) is 43.2 Å². The molecule has 29 heavy (non-hydrogen) atoms. The van der Waals surface area contributed by atoms with Crippen LogP contribution in [0.4, 0.5) is 0 Å². The number of aryl methyl sites for hydroxylation is 1. The second-order valence-corrected chi connectivity index (χ2v) is 6.86. The summed E-state index contributed by atoms with van der Waals surface area (Å²) in [4.78, 5) is 40.1. The van der Waals surface area contributed by atoms with Crippen molar-refractivity contribution in [1.82, 2.24) is 25.6 Å². The fraction of sp³-hybridized carbons (Fsp3) is 0.400. The van der Waals surface area contributed by atoms with Crippen molar-refractivity contribution in [3.05, 3.63) is 53.4 Å². The summed E-state index contributed by atoms with van der Waals surface area (Å²) in [6, 6.07) is 10.4. The van der Waals surface area contributed by atoms with Crippen molar-refractivity contribution >= 4 is 17.7 Å². The second kappa shape index (κ2) is 9.83. The lowest BCUT2D eigenvalue weighted by atomic mass is 10.2. The zero-order valence-electron chi connectivity index (χ0n) is 16.4. The van der Waals surface area contributed by atoms with E-state index in [1.54, 1.807) is 42.2 Å². The average Bonchev–Trinajstić information content (AvgIpc) is 3.19. The number of benzene rings is 1. The second-order valence-electron chi connectivity index (χ2n) is 6.86. The molecule has 3 rings (SSSR count). The van der Waals surface area contributed by atoms with E-state index in [1.807, 2.05) is 6.07 Å². The molecule has 0 aliphatic carbocycles. The molecule has 0 unspecified atom stereocenters. The van der Waals surface area contributed by atoms with Crippen molar-refractivity contribution in [2.75, 3.05) is 45.8 Å². The molecule has 1 aromatic carbocycles. The number of hydrogen-bond donors (Lipinski definition) is 2. The molecule has 2 N–H and O–H groups in total. The van der Waals surface area contributed by atoms with E-state index in [4.69, 9.17) is 4.52 Å². The van der Waals surface area contributed by atoms with Crippen molar-refractivity contribution in [2.45, 2.75) is 6.92 Å². The number of aromatic nitrogens is 1. The maximum Gasteiger partial charge on any atom is 0.276 e. The van der Waals surface area contributed by atoms with E-state index in [2.05, 4.69) is 20.7 Å². The minimum atomic E-state index is -0.274. The highest BCUT2D eigenvalue weighted by Gasteiger charge is 2.24. The largest absolute Gasteiger partial charge is 0.361 e. The summed E-state index contributed by atoms with van der Waals surface area (Å²) >= 11 is 0. The first-order valence-corrected chi connectivity index (χ1v) is 9.58. The standard InChI is InChI=1S/C20H25N5O4/c1-15-13-17(23-29-15)20(28)25-11-9-24(10-12-25)8-7-21-18(26)14-22-19(27)16-5-3-2-4-6-16/h2-6,13H,7-12,14H2,1H3,(H,21,26)(H,22,27). The number of carbonyl (C=O) groups excluding carboxylic acids is 3. The molecule has 2 heterocycles. The van der Waals surface area contributed by atoms with Crippen LogP contribution in [0.15, 0.2) is 40.9 Å². The van der Waals surface area contributed by atoms with Crippen molar-refractivity contribution < 1.29 is 18.9 Å². The quantitative estimate of drug-likeness (QED) is 0.693. The summed E-state index contributed by atoms with van der Waals surface area (Å²) in [5.74, 6) is -0.0139. The molecule has 1 aromatic heterocycles. The minimum Gasteiger partial charge on any atom is -0.361 e. The average molecular weight is 399 g/mol. The Morgan fingerprint density at radius 2 is 1.79 bits per heavy atom. The summed E-state index contributed by atoms with van der Waals surface area (Å²) < 4.78 is 4.96. The number of nitrogens with zero attached hydrogens (tertiary/aromatic N) is 3. The molecule has 3 amide bonds. The van der Waals surface area contributed by atoms with Crippen LogP contribution in [0.5, 0.6) is 0 Å². The number of nitrogens with one attached hydrogen (secondary N) is 2. The highest BCUT2D eigenvalue weighted by molar-refractivity contribution is 5.96. The lowest BCUT2D eigenvalue weighted by Crippen LogP contribution is -2.50. The molecule has 0 bridgehead atoms. The van der Waals surface area contributed by atoms with Gasteiger partial charge in [-0.3, -0.25) is 19.3 Å². The summed E-state index contributed by atoms with van der Waals surface area (Å²) in [6.45, 7) is 5.51. The van der Waals surface area contributed by atoms with E-state index in [9.17, 15) is 14.4 Å². The van der Waals surface area contributed by atoms with E-state index in [-0.39, 0.29) is 24.3 Å². The first-order chi connectivity index (χ1) is 14.0. The third-order valence-electron chi connectivity index (χ3n) is 4.70. The molecular formula is C20H25N5O4. The first kappa shape index (κ1) is 20.5. The molecule has 1 aliphatic heterocycles. The Hall–Kier alpha value is -3.20. The molecule has 154 valence electrons. The van der Waals surface area contributed by atoms with Gasteiger partial charge >= 0.3 is 0 Å².